The molecule has 1 heterocycles. The summed E-state index contributed by atoms with van der Waals surface area (Å²) in [6.45, 7) is 5.69. The Morgan fingerprint density at radius 1 is 1.12 bits per heavy atom. The minimum Gasteiger partial charge on any atom is -0.295 e. The molecule has 0 radical (unpaired) electrons. The van der Waals surface area contributed by atoms with Crippen LogP contribution < -0.4 is 0 Å². The van der Waals surface area contributed by atoms with E-state index >= 15 is 0 Å². The van der Waals surface area contributed by atoms with Crippen LogP contribution in [0.2, 0.25) is 0 Å². The molecule has 0 amide bonds. The zero-order chi connectivity index (χ0) is 17.1. The van der Waals surface area contributed by atoms with Gasteiger partial charge in [0, 0.05) is 6.42 Å². The summed E-state index contributed by atoms with van der Waals surface area (Å²) < 4.78 is 33.9. The van der Waals surface area contributed by atoms with Gasteiger partial charge in [0.05, 0.1) is 29.3 Å². The zero-order valence-electron chi connectivity index (χ0n) is 13.8. The van der Waals surface area contributed by atoms with Gasteiger partial charge < -0.3 is 0 Å². The van der Waals surface area contributed by atoms with Crippen LogP contribution >= 0.6 is 12.2 Å². The van der Waals surface area contributed by atoms with Crippen LogP contribution in [0.5, 0.6) is 0 Å². The Labute approximate surface area is 147 Å². The van der Waals surface area contributed by atoms with E-state index in [9.17, 15) is 8.42 Å². The fraction of sp³-hybridized carbons (Fsp3) is 0.333. The van der Waals surface area contributed by atoms with Gasteiger partial charge in [0.2, 0.25) is 0 Å². The quantitative estimate of drug-likeness (QED) is 0.602. The van der Waals surface area contributed by atoms with E-state index in [2.05, 4.69) is 6.07 Å². The van der Waals surface area contributed by atoms with Crippen molar-refractivity contribution >= 4 is 22.3 Å². The molecular formula is C18H19NO3S2. The minimum atomic E-state index is -3.64. The Bertz CT molecular complexity index is 901. The monoisotopic (exact) mass is 361 g/mol. The van der Waals surface area contributed by atoms with Crippen LogP contribution in [0.4, 0.5) is 0 Å². The van der Waals surface area contributed by atoms with Gasteiger partial charge in [-0.05, 0) is 43.0 Å². The molecule has 0 saturated carbocycles. The van der Waals surface area contributed by atoms with Crippen LogP contribution in [-0.2, 0) is 20.6 Å². The number of rotatable bonds is 2. The molecule has 0 bridgehead atoms. The first kappa shape index (κ1) is 16.1. The Morgan fingerprint density at radius 3 is 2.50 bits per heavy atom. The van der Waals surface area contributed by atoms with E-state index in [4.69, 9.17) is 4.18 Å². The van der Waals surface area contributed by atoms with Crippen LogP contribution in [0.3, 0.4) is 0 Å². The van der Waals surface area contributed by atoms with Gasteiger partial charge in [0.25, 0.3) is 10.0 Å². The average molecular weight is 361 g/mol. The van der Waals surface area contributed by atoms with E-state index in [0.717, 1.165) is 40.9 Å². The first-order chi connectivity index (χ1) is 11.4. The first-order valence-corrected chi connectivity index (χ1v) is 10.1. The average Bonchev–Trinajstić information content (AvgIpc) is 3.04. The molecule has 2 aromatic carbocycles. The molecule has 126 valence electrons. The highest BCUT2D eigenvalue weighted by Crippen LogP contribution is 2.51. The molecular weight excluding hydrogens is 342 g/mol. The maximum atomic E-state index is 13.4. The number of sulfonamides is 1. The fourth-order valence-corrected chi connectivity index (χ4v) is 6.89. The van der Waals surface area contributed by atoms with E-state index in [1.165, 1.54) is 9.27 Å². The normalized spacial score (nSPS) is 23.3. The summed E-state index contributed by atoms with van der Waals surface area (Å²) in [5, 5.41) is 0. The number of hydrogen-bond donors (Lipinski definition) is 0. The molecule has 1 saturated heterocycles. The minimum absolute atomic E-state index is 0.117. The SMILES string of the molecule is Cc1cc(C)c(S(=O)(=O)N2SOC3Cc4ccccc4C32)c(C)c1. The molecule has 2 atom stereocenters. The summed E-state index contributed by atoms with van der Waals surface area (Å²) in [6, 6.07) is 11.6. The largest absolute Gasteiger partial charge is 0.295 e. The molecule has 2 aromatic rings. The molecule has 2 unspecified atom stereocenters. The molecule has 4 nitrogen and oxygen atoms in total. The lowest BCUT2D eigenvalue weighted by molar-refractivity contribution is 0.236. The maximum Gasteiger partial charge on any atom is 0.255 e. The highest BCUT2D eigenvalue weighted by Gasteiger charge is 2.49. The predicted octanol–water partition coefficient (Wildman–Crippen LogP) is 3.86. The summed E-state index contributed by atoms with van der Waals surface area (Å²) in [6.07, 6.45) is 0.638. The molecule has 1 aliphatic heterocycles. The first-order valence-electron chi connectivity index (χ1n) is 7.93. The number of nitrogens with zero attached hydrogens (tertiary/aromatic N) is 1. The Kier molecular flexibility index (Phi) is 3.76. The summed E-state index contributed by atoms with van der Waals surface area (Å²) in [5.41, 5.74) is 4.85. The molecule has 6 heteroatoms. The molecule has 0 spiro atoms. The second kappa shape index (κ2) is 5.59. The van der Waals surface area contributed by atoms with Crippen molar-refractivity contribution < 1.29 is 12.6 Å². The summed E-state index contributed by atoms with van der Waals surface area (Å²) in [7, 11) is -3.64. The van der Waals surface area contributed by atoms with Gasteiger partial charge in [-0.15, -0.1) is 3.71 Å². The Balaban J connectivity index is 1.82. The predicted molar refractivity (Wildman–Crippen MR) is 95.0 cm³/mol. The lowest BCUT2D eigenvalue weighted by atomic mass is 10.1. The highest BCUT2D eigenvalue weighted by molar-refractivity contribution is 8.06. The molecule has 24 heavy (non-hydrogen) atoms. The number of benzene rings is 2. The van der Waals surface area contributed by atoms with Crippen molar-refractivity contribution in [2.24, 2.45) is 0 Å². The van der Waals surface area contributed by atoms with Gasteiger partial charge in [0.15, 0.2) is 0 Å². The van der Waals surface area contributed by atoms with E-state index < -0.39 is 10.0 Å². The van der Waals surface area contributed by atoms with E-state index in [1.807, 2.05) is 51.1 Å². The fourth-order valence-electron chi connectivity index (χ4n) is 3.87. The molecule has 1 aliphatic carbocycles. The van der Waals surface area contributed by atoms with E-state index in [-0.39, 0.29) is 12.1 Å². The third-order valence-corrected chi connectivity index (χ3v) is 8.05. The summed E-state index contributed by atoms with van der Waals surface area (Å²) in [4.78, 5) is 0.397. The van der Waals surface area contributed by atoms with Gasteiger partial charge in [-0.1, -0.05) is 42.0 Å². The summed E-state index contributed by atoms with van der Waals surface area (Å²) >= 11 is 0.967. The van der Waals surface area contributed by atoms with Crippen molar-refractivity contribution in [3.8, 4) is 0 Å². The van der Waals surface area contributed by atoms with Crippen LogP contribution in [0.1, 0.15) is 33.9 Å². The van der Waals surface area contributed by atoms with Crippen molar-refractivity contribution in [3.05, 3.63) is 64.2 Å². The Hall–Kier alpha value is -1.34. The van der Waals surface area contributed by atoms with Crippen molar-refractivity contribution in [2.75, 3.05) is 0 Å². The highest BCUT2D eigenvalue weighted by atomic mass is 32.3. The van der Waals surface area contributed by atoms with Crippen molar-refractivity contribution in [2.45, 2.75) is 44.2 Å². The lowest BCUT2D eigenvalue weighted by Gasteiger charge is -2.22. The van der Waals surface area contributed by atoms with Gasteiger partial charge >= 0.3 is 0 Å². The van der Waals surface area contributed by atoms with Crippen molar-refractivity contribution in [1.29, 1.82) is 0 Å². The third-order valence-electron chi connectivity index (χ3n) is 4.71. The summed E-state index contributed by atoms with van der Waals surface area (Å²) in [5.74, 6) is 0. The van der Waals surface area contributed by atoms with Crippen LogP contribution in [-0.4, -0.2) is 18.2 Å². The Morgan fingerprint density at radius 2 is 1.79 bits per heavy atom. The maximum absolute atomic E-state index is 13.4. The molecule has 2 aliphatic rings. The number of fused-ring (bicyclic) bond motifs is 3. The van der Waals surface area contributed by atoms with E-state index in [1.54, 1.807) is 0 Å². The molecule has 0 N–H and O–H groups in total. The molecule has 0 aromatic heterocycles. The van der Waals surface area contributed by atoms with E-state index in [0.29, 0.717) is 4.90 Å². The van der Waals surface area contributed by atoms with Crippen molar-refractivity contribution in [1.82, 2.24) is 3.71 Å². The topological polar surface area (TPSA) is 46.6 Å². The van der Waals surface area contributed by atoms with Crippen LogP contribution in [0, 0.1) is 20.8 Å². The van der Waals surface area contributed by atoms with Gasteiger partial charge in [-0.3, -0.25) is 4.18 Å². The smallest absolute Gasteiger partial charge is 0.255 e. The standard InChI is InChI=1S/C18H19NO3S2/c1-11-8-12(2)18(13(3)9-11)24(20,21)19-17-15-7-5-4-6-14(15)10-16(17)22-23-19/h4-9,16-17H,10H2,1-3H3. The number of aryl methyl sites for hydroxylation is 3. The van der Waals surface area contributed by atoms with Crippen LogP contribution in [0.25, 0.3) is 0 Å². The lowest BCUT2D eigenvalue weighted by Crippen LogP contribution is -2.29. The van der Waals surface area contributed by atoms with Gasteiger partial charge in [-0.2, -0.15) is 0 Å². The molecule has 1 fully saturated rings. The van der Waals surface area contributed by atoms with Gasteiger partial charge in [0.1, 0.15) is 0 Å². The third kappa shape index (κ3) is 2.32. The molecule has 4 rings (SSSR count). The van der Waals surface area contributed by atoms with Gasteiger partial charge in [-0.25, -0.2) is 8.42 Å². The second-order valence-corrected chi connectivity index (χ2v) is 9.26. The van der Waals surface area contributed by atoms with Crippen LogP contribution in [0.15, 0.2) is 41.3 Å². The second-order valence-electron chi connectivity index (χ2n) is 6.55. The number of hydrogen-bond acceptors (Lipinski definition) is 4. The van der Waals surface area contributed by atoms with Crippen molar-refractivity contribution in [3.63, 3.8) is 0 Å². The zero-order valence-corrected chi connectivity index (χ0v) is 15.4.